The van der Waals surface area contributed by atoms with Gasteiger partial charge in [-0.15, -0.1) is 0 Å². The molecule has 2 aromatic rings. The van der Waals surface area contributed by atoms with Gasteiger partial charge in [-0.05, 0) is 18.2 Å². The van der Waals surface area contributed by atoms with E-state index in [0.29, 0.717) is 17.7 Å². The second-order valence-corrected chi connectivity index (χ2v) is 6.32. The summed E-state index contributed by atoms with van der Waals surface area (Å²) < 4.78 is 82.7. The van der Waals surface area contributed by atoms with E-state index >= 15 is 0 Å². The Labute approximate surface area is 183 Å². The average Bonchev–Trinajstić information content (AvgIpc) is 2.76. The maximum Gasteiger partial charge on any atom is 0.416 e. The molecular formula is C20H17F6N3O4. The fourth-order valence-corrected chi connectivity index (χ4v) is 2.59. The van der Waals surface area contributed by atoms with Crippen molar-refractivity contribution in [3.05, 3.63) is 70.3 Å². The van der Waals surface area contributed by atoms with Gasteiger partial charge in [-0.1, -0.05) is 34.6 Å². The zero-order valence-electron chi connectivity index (χ0n) is 17.1. The summed E-state index contributed by atoms with van der Waals surface area (Å²) in [6, 6.07) is 6.98. The number of hydrogen-bond donors (Lipinski definition) is 1. The predicted octanol–water partition coefficient (Wildman–Crippen LogP) is 4.08. The second kappa shape index (κ2) is 10.2. The van der Waals surface area contributed by atoms with Gasteiger partial charge in [0.15, 0.2) is 11.5 Å². The van der Waals surface area contributed by atoms with Crippen LogP contribution >= 0.6 is 0 Å². The predicted molar refractivity (Wildman–Crippen MR) is 104 cm³/mol. The highest BCUT2D eigenvalue weighted by Crippen LogP contribution is 2.36. The molecule has 2 aromatic carbocycles. The third-order valence-corrected chi connectivity index (χ3v) is 4.10. The Balaban J connectivity index is 2.34. The summed E-state index contributed by atoms with van der Waals surface area (Å²) in [5, 5.41) is 7.01. The van der Waals surface area contributed by atoms with E-state index in [1.165, 1.54) is 19.2 Å². The Morgan fingerprint density at radius 2 is 1.52 bits per heavy atom. The van der Waals surface area contributed by atoms with Gasteiger partial charge in [0.05, 0.1) is 18.2 Å². The Bertz CT molecular complexity index is 1030. The van der Waals surface area contributed by atoms with Crippen LogP contribution in [0.2, 0.25) is 0 Å². The molecule has 7 nitrogen and oxygen atoms in total. The first-order valence-electron chi connectivity index (χ1n) is 8.91. The van der Waals surface area contributed by atoms with Gasteiger partial charge in [0.2, 0.25) is 0 Å². The highest BCUT2D eigenvalue weighted by Gasteiger charge is 2.37. The number of carbonyl (C=O) groups excluding carboxylic acids is 1. The highest BCUT2D eigenvalue weighted by molar-refractivity contribution is 6.43. The Morgan fingerprint density at radius 3 is 2.03 bits per heavy atom. The van der Waals surface area contributed by atoms with Gasteiger partial charge < -0.3 is 20.1 Å². The Morgan fingerprint density at radius 1 is 0.939 bits per heavy atom. The van der Waals surface area contributed by atoms with Gasteiger partial charge in [0.25, 0.3) is 0 Å². The molecule has 0 bridgehead atoms. The van der Waals surface area contributed by atoms with Crippen LogP contribution in [0.25, 0.3) is 0 Å². The lowest BCUT2D eigenvalue weighted by Gasteiger charge is -2.14. The number of carbonyl (C=O) groups is 1. The van der Waals surface area contributed by atoms with Crippen molar-refractivity contribution in [3.8, 4) is 0 Å². The Hall–Kier alpha value is -3.77. The van der Waals surface area contributed by atoms with Crippen LogP contribution in [-0.2, 0) is 38.2 Å². The number of oxime groups is 2. The van der Waals surface area contributed by atoms with Gasteiger partial charge in [-0.2, -0.15) is 26.3 Å². The maximum atomic E-state index is 13.0. The molecule has 0 aromatic heterocycles. The number of methoxy groups -OCH3 is 1. The van der Waals surface area contributed by atoms with E-state index in [0.717, 1.165) is 7.11 Å². The molecule has 178 valence electrons. The van der Waals surface area contributed by atoms with Crippen LogP contribution in [-0.4, -0.2) is 31.7 Å². The van der Waals surface area contributed by atoms with E-state index in [9.17, 15) is 31.1 Å². The van der Waals surface area contributed by atoms with E-state index < -0.39 is 40.8 Å². The lowest BCUT2D eigenvalue weighted by molar-refractivity contribution is -0.143. The van der Waals surface area contributed by atoms with Crippen molar-refractivity contribution in [2.24, 2.45) is 16.0 Å². The monoisotopic (exact) mass is 477 g/mol. The SMILES string of the molecule is CON=C(C(=O)OC)c1ccccc1CON=C(N)c1cc(C(F)(F)F)cc(C(F)(F)F)c1. The second-order valence-electron chi connectivity index (χ2n) is 6.32. The van der Waals surface area contributed by atoms with Crippen LogP contribution in [0.1, 0.15) is 27.8 Å². The first-order chi connectivity index (χ1) is 15.4. The summed E-state index contributed by atoms with van der Waals surface area (Å²) in [6.45, 7) is -0.359. The number of benzene rings is 2. The molecule has 0 spiro atoms. The van der Waals surface area contributed by atoms with Gasteiger partial charge in [0, 0.05) is 16.7 Å². The van der Waals surface area contributed by atoms with Gasteiger partial charge in [0.1, 0.15) is 13.7 Å². The van der Waals surface area contributed by atoms with Crippen LogP contribution < -0.4 is 5.73 Å². The van der Waals surface area contributed by atoms with E-state index in [-0.39, 0.29) is 23.9 Å². The number of hydrogen-bond acceptors (Lipinski definition) is 6. The first kappa shape index (κ1) is 25.5. The lowest BCUT2D eigenvalue weighted by atomic mass is 10.0. The minimum absolute atomic E-state index is 0.0304. The molecule has 0 heterocycles. The minimum Gasteiger partial charge on any atom is -0.464 e. The van der Waals surface area contributed by atoms with E-state index in [2.05, 4.69) is 19.9 Å². The van der Waals surface area contributed by atoms with Crippen molar-refractivity contribution in [2.45, 2.75) is 19.0 Å². The van der Waals surface area contributed by atoms with Gasteiger partial charge >= 0.3 is 18.3 Å². The average molecular weight is 477 g/mol. The van der Waals surface area contributed by atoms with Crippen molar-refractivity contribution < 1.29 is 45.5 Å². The largest absolute Gasteiger partial charge is 0.464 e. The number of amidine groups is 1. The fourth-order valence-electron chi connectivity index (χ4n) is 2.59. The fraction of sp³-hybridized carbons (Fsp3) is 0.250. The molecule has 0 saturated heterocycles. The maximum absolute atomic E-state index is 13.0. The highest BCUT2D eigenvalue weighted by atomic mass is 19.4. The summed E-state index contributed by atoms with van der Waals surface area (Å²) in [4.78, 5) is 21.6. The molecule has 13 heteroatoms. The standard InChI is InChI=1S/C20H17F6N3O4/c1-31-18(30)16(28-32-2)15-6-4-3-5-11(15)10-33-29-17(27)12-7-13(19(21,22)23)9-14(8-12)20(24,25)26/h3-9H,10H2,1-2H3,(H2,27,29). The summed E-state index contributed by atoms with van der Waals surface area (Å²) in [6.07, 6.45) is -10.1. The summed E-state index contributed by atoms with van der Waals surface area (Å²) in [5.74, 6) is -1.54. The van der Waals surface area contributed by atoms with Crippen molar-refractivity contribution in [2.75, 3.05) is 14.2 Å². The zero-order valence-corrected chi connectivity index (χ0v) is 17.1. The van der Waals surface area contributed by atoms with Crippen molar-refractivity contribution in [3.63, 3.8) is 0 Å². The van der Waals surface area contributed by atoms with Crippen molar-refractivity contribution in [1.82, 2.24) is 0 Å². The number of alkyl halides is 6. The smallest absolute Gasteiger partial charge is 0.416 e. The summed E-state index contributed by atoms with van der Waals surface area (Å²) in [5.41, 5.74) is 2.20. The number of halogens is 6. The van der Waals surface area contributed by atoms with Gasteiger partial charge in [-0.3, -0.25) is 0 Å². The zero-order chi connectivity index (χ0) is 24.8. The first-order valence-corrected chi connectivity index (χ1v) is 8.91. The molecule has 0 unspecified atom stereocenters. The molecule has 0 aliphatic carbocycles. The normalized spacial score (nSPS) is 13.0. The van der Waals surface area contributed by atoms with E-state index in [4.69, 9.17) is 10.6 Å². The van der Waals surface area contributed by atoms with Crippen LogP contribution in [0.5, 0.6) is 0 Å². The number of ether oxygens (including phenoxy) is 1. The number of esters is 1. The topological polar surface area (TPSA) is 95.5 Å². The number of rotatable bonds is 7. The molecule has 2 N–H and O–H groups in total. The molecule has 33 heavy (non-hydrogen) atoms. The minimum atomic E-state index is -5.04. The molecule has 0 saturated carbocycles. The van der Waals surface area contributed by atoms with Crippen molar-refractivity contribution >= 4 is 17.5 Å². The van der Waals surface area contributed by atoms with E-state index in [1.54, 1.807) is 12.1 Å². The van der Waals surface area contributed by atoms with Crippen LogP contribution in [0.4, 0.5) is 26.3 Å². The molecule has 0 aliphatic heterocycles. The molecule has 0 radical (unpaired) electrons. The van der Waals surface area contributed by atoms with Crippen LogP contribution in [0.15, 0.2) is 52.8 Å². The number of nitrogens with zero attached hydrogens (tertiary/aromatic N) is 2. The summed E-state index contributed by atoms with van der Waals surface area (Å²) >= 11 is 0. The van der Waals surface area contributed by atoms with Crippen molar-refractivity contribution in [1.29, 1.82) is 0 Å². The quantitative estimate of drug-likeness (QED) is 0.213. The molecule has 0 amide bonds. The summed E-state index contributed by atoms with van der Waals surface area (Å²) in [7, 11) is 2.33. The third-order valence-electron chi connectivity index (χ3n) is 4.10. The van der Waals surface area contributed by atoms with Crippen LogP contribution in [0, 0.1) is 0 Å². The lowest BCUT2D eigenvalue weighted by Crippen LogP contribution is -2.20. The Kier molecular flexibility index (Phi) is 7.90. The molecule has 0 fully saturated rings. The molecule has 0 aliphatic rings. The van der Waals surface area contributed by atoms with Crippen LogP contribution in [0.3, 0.4) is 0 Å². The third kappa shape index (κ3) is 6.60. The molecule has 2 rings (SSSR count). The van der Waals surface area contributed by atoms with Gasteiger partial charge in [-0.25, -0.2) is 4.79 Å². The molecule has 0 atom stereocenters. The number of nitrogens with two attached hydrogens (primary N) is 1. The molecular weight excluding hydrogens is 460 g/mol. The van der Waals surface area contributed by atoms with E-state index in [1.807, 2.05) is 0 Å².